The number of aliphatic carboxylic acids is 1. The zero-order valence-corrected chi connectivity index (χ0v) is 25.5. The number of carbonyl (C=O) groups is 5. The van der Waals surface area contributed by atoms with Crippen molar-refractivity contribution in [3.05, 3.63) is 65.7 Å². The number of nitrogens with one attached hydrogen (secondary N) is 1. The third-order valence-electron chi connectivity index (χ3n) is 10.6. The van der Waals surface area contributed by atoms with Crippen molar-refractivity contribution in [2.75, 3.05) is 11.9 Å². The smallest absolute Gasteiger partial charge is 0.305 e. The Labute approximate surface area is 258 Å². The zero-order chi connectivity index (χ0) is 31.2. The molecule has 2 atom stereocenters. The van der Waals surface area contributed by atoms with Gasteiger partial charge in [-0.25, -0.2) is 0 Å². The lowest BCUT2D eigenvalue weighted by Crippen LogP contribution is -2.72. The van der Waals surface area contributed by atoms with Gasteiger partial charge in [-0.2, -0.15) is 0 Å². The van der Waals surface area contributed by atoms with Crippen LogP contribution in [0.3, 0.4) is 0 Å². The van der Waals surface area contributed by atoms with Crippen LogP contribution < -0.4 is 10.2 Å². The number of carboxylic acid groups (broad SMARTS) is 1. The van der Waals surface area contributed by atoms with E-state index in [0.717, 1.165) is 44.1 Å². The molecule has 1 aliphatic heterocycles. The molecule has 0 unspecified atom stereocenters. The first kappa shape index (κ1) is 30.0. The van der Waals surface area contributed by atoms with Crippen molar-refractivity contribution in [2.24, 2.45) is 23.2 Å². The summed E-state index contributed by atoms with van der Waals surface area (Å²) in [6.45, 7) is 1.34. The van der Waals surface area contributed by atoms with Crippen molar-refractivity contribution in [1.82, 2.24) is 10.2 Å². The van der Waals surface area contributed by atoms with Crippen LogP contribution in [-0.2, 0) is 25.7 Å². The lowest BCUT2D eigenvalue weighted by molar-refractivity contribution is -0.166. The fraction of sp³-hybridized carbons (Fsp3) is 0.514. The molecule has 4 fully saturated rings. The summed E-state index contributed by atoms with van der Waals surface area (Å²) in [5.41, 5.74) is -1.00. The van der Waals surface area contributed by atoms with E-state index >= 15 is 4.79 Å². The number of likely N-dealkylation sites (N-methyl/N-ethyl adjacent to an activating group) is 1. The predicted molar refractivity (Wildman–Crippen MR) is 164 cm³/mol. The first-order valence-electron chi connectivity index (χ1n) is 15.8. The minimum absolute atomic E-state index is 0.0684. The fourth-order valence-electron chi connectivity index (χ4n) is 9.62. The molecule has 0 saturated heterocycles. The van der Waals surface area contributed by atoms with Crippen LogP contribution in [0, 0.1) is 23.2 Å². The van der Waals surface area contributed by atoms with Gasteiger partial charge in [-0.3, -0.25) is 24.0 Å². The number of fused-ring (bicyclic) bond motifs is 1. The second kappa shape index (κ2) is 11.5. The van der Waals surface area contributed by atoms with E-state index in [-0.39, 0.29) is 36.1 Å². The number of carboxylic acids is 1. The average Bonchev–Trinajstić information content (AvgIpc) is 3.00. The summed E-state index contributed by atoms with van der Waals surface area (Å²) in [6, 6.07) is 14.9. The van der Waals surface area contributed by atoms with Gasteiger partial charge in [-0.1, -0.05) is 42.5 Å². The van der Waals surface area contributed by atoms with Crippen LogP contribution in [0.1, 0.15) is 80.6 Å². The molecule has 9 nitrogen and oxygen atoms in total. The first-order chi connectivity index (χ1) is 21.0. The minimum atomic E-state index is -2.06. The molecule has 232 valence electrons. The summed E-state index contributed by atoms with van der Waals surface area (Å²) in [4.78, 5) is 72.9. The second-order valence-corrected chi connectivity index (χ2v) is 13.7. The van der Waals surface area contributed by atoms with Gasteiger partial charge in [0, 0.05) is 26.0 Å². The Kier molecular flexibility index (Phi) is 7.84. The number of amides is 3. The van der Waals surface area contributed by atoms with E-state index in [1.165, 1.54) is 23.8 Å². The number of nitrogens with zero attached hydrogens (tertiary/aromatic N) is 2. The van der Waals surface area contributed by atoms with Gasteiger partial charge in [0.2, 0.25) is 11.4 Å². The van der Waals surface area contributed by atoms with Crippen LogP contribution in [0.25, 0.3) is 0 Å². The number of hydrogen-bond acceptors (Lipinski definition) is 5. The molecule has 9 heteroatoms. The van der Waals surface area contributed by atoms with Gasteiger partial charge >= 0.3 is 5.97 Å². The number of carbonyl (C=O) groups excluding carboxylic acids is 4. The standard InChI is InChI=1S/C35H41N3O6/c1-22(39)38-27(16-31(41)42)15-30(40)28-10-6-7-11-29(28)37(20-23-8-4-3-5-9-23)33(44)35(38,32(43)36-2)21-34-17-24-12-25(18-34)14-26(13-24)19-34/h3-11,24-27H,12-21H2,1-2H3,(H,36,43)(H,41,42)/t24?,25?,26?,27-,34?,35+/m0/s1. The Hall–Kier alpha value is -4.01. The highest BCUT2D eigenvalue weighted by Gasteiger charge is 2.63. The Morgan fingerprint density at radius 2 is 1.50 bits per heavy atom. The molecule has 2 aromatic rings. The van der Waals surface area contributed by atoms with Crippen LogP contribution in [-0.4, -0.2) is 58.1 Å². The van der Waals surface area contributed by atoms with Crippen LogP contribution in [0.15, 0.2) is 54.6 Å². The number of benzene rings is 2. The van der Waals surface area contributed by atoms with E-state index in [1.807, 2.05) is 30.3 Å². The summed E-state index contributed by atoms with van der Waals surface area (Å²) in [7, 11) is 1.45. The molecule has 3 amide bonds. The van der Waals surface area contributed by atoms with Crippen LogP contribution >= 0.6 is 0 Å². The first-order valence-corrected chi connectivity index (χ1v) is 15.8. The molecule has 0 spiro atoms. The predicted octanol–water partition coefficient (Wildman–Crippen LogP) is 4.59. The van der Waals surface area contributed by atoms with Crippen molar-refractivity contribution in [2.45, 2.75) is 82.8 Å². The molecular formula is C35H41N3O6. The highest BCUT2D eigenvalue weighted by Crippen LogP contribution is 2.63. The number of rotatable bonds is 7. The van der Waals surface area contributed by atoms with Gasteiger partial charge in [0.05, 0.1) is 24.7 Å². The monoisotopic (exact) mass is 599 g/mol. The van der Waals surface area contributed by atoms with Crippen molar-refractivity contribution in [3.8, 4) is 0 Å². The van der Waals surface area contributed by atoms with E-state index in [1.54, 1.807) is 24.3 Å². The quantitative estimate of drug-likeness (QED) is 0.449. The summed E-state index contributed by atoms with van der Waals surface area (Å²) in [5.74, 6) is -1.91. The Morgan fingerprint density at radius 1 is 0.909 bits per heavy atom. The van der Waals surface area contributed by atoms with E-state index in [9.17, 15) is 24.3 Å². The summed E-state index contributed by atoms with van der Waals surface area (Å²) in [5, 5.41) is 12.7. The summed E-state index contributed by atoms with van der Waals surface area (Å²) >= 11 is 0. The van der Waals surface area contributed by atoms with Crippen LogP contribution in [0.4, 0.5) is 5.69 Å². The molecule has 44 heavy (non-hydrogen) atoms. The molecule has 0 radical (unpaired) electrons. The molecule has 2 N–H and O–H groups in total. The average molecular weight is 600 g/mol. The van der Waals surface area contributed by atoms with Crippen LogP contribution in [0.2, 0.25) is 0 Å². The third-order valence-corrected chi connectivity index (χ3v) is 10.6. The molecule has 0 aromatic heterocycles. The second-order valence-electron chi connectivity index (χ2n) is 13.7. The number of Topliss-reactive ketones (excluding diaryl/α,β-unsaturated/α-hetero) is 1. The van der Waals surface area contributed by atoms with E-state index < -0.39 is 41.7 Å². The minimum Gasteiger partial charge on any atom is -0.481 e. The molecule has 4 aliphatic carbocycles. The van der Waals surface area contributed by atoms with Gasteiger partial charge < -0.3 is 20.2 Å². The normalized spacial score (nSPS) is 31.1. The molecule has 5 aliphatic rings. The molecule has 7 rings (SSSR count). The van der Waals surface area contributed by atoms with Crippen molar-refractivity contribution in [1.29, 1.82) is 0 Å². The Morgan fingerprint density at radius 3 is 2.07 bits per heavy atom. The molecule has 4 bridgehead atoms. The van der Waals surface area contributed by atoms with Gasteiger partial charge in [-0.15, -0.1) is 0 Å². The number of anilines is 1. The maximum absolute atomic E-state index is 15.5. The molecule has 4 saturated carbocycles. The van der Waals surface area contributed by atoms with E-state index in [0.29, 0.717) is 23.4 Å². The number of ketones is 1. The SMILES string of the molecule is CNC(=O)[C@]1(CC23CC4CC(CC(C4)C2)C3)C(=O)N(Cc2ccccc2)c2ccccc2C(=O)C[C@@H](CC(=O)O)N1C(C)=O. The maximum atomic E-state index is 15.5. The highest BCUT2D eigenvalue weighted by molar-refractivity contribution is 6.19. The zero-order valence-electron chi connectivity index (χ0n) is 25.5. The fourth-order valence-corrected chi connectivity index (χ4v) is 9.62. The lowest BCUT2D eigenvalue weighted by atomic mass is 9.47. The third kappa shape index (κ3) is 5.20. The number of hydrogen-bond donors (Lipinski definition) is 2. The van der Waals surface area contributed by atoms with Gasteiger partial charge in [0.15, 0.2) is 5.78 Å². The topological polar surface area (TPSA) is 124 Å². The molecule has 2 aromatic carbocycles. The van der Waals surface area contributed by atoms with Gasteiger partial charge in [0.1, 0.15) is 0 Å². The summed E-state index contributed by atoms with van der Waals surface area (Å²) in [6.07, 6.45) is 5.27. The van der Waals surface area contributed by atoms with Gasteiger partial charge in [-0.05, 0) is 85.8 Å². The highest BCUT2D eigenvalue weighted by atomic mass is 16.4. The Bertz CT molecular complexity index is 1450. The van der Waals surface area contributed by atoms with Gasteiger partial charge in [0.25, 0.3) is 11.8 Å². The molecular weight excluding hydrogens is 558 g/mol. The van der Waals surface area contributed by atoms with E-state index in [2.05, 4.69) is 5.32 Å². The lowest BCUT2D eigenvalue weighted by Gasteiger charge is -2.60. The molecule has 1 heterocycles. The van der Waals surface area contributed by atoms with E-state index in [4.69, 9.17) is 0 Å². The maximum Gasteiger partial charge on any atom is 0.305 e. The van der Waals surface area contributed by atoms with Crippen molar-refractivity contribution in [3.63, 3.8) is 0 Å². The number of para-hydroxylation sites is 1. The van der Waals surface area contributed by atoms with Crippen LogP contribution in [0.5, 0.6) is 0 Å². The Balaban J connectivity index is 1.60. The van der Waals surface area contributed by atoms with Crippen molar-refractivity contribution < 1.29 is 29.1 Å². The largest absolute Gasteiger partial charge is 0.481 e. The summed E-state index contributed by atoms with van der Waals surface area (Å²) < 4.78 is 0. The van der Waals surface area contributed by atoms with Crippen molar-refractivity contribution >= 4 is 35.2 Å².